The van der Waals surface area contributed by atoms with Gasteiger partial charge in [0.15, 0.2) is 0 Å². The molecule has 0 spiro atoms. The van der Waals surface area contributed by atoms with E-state index in [9.17, 15) is 14.0 Å². The van der Waals surface area contributed by atoms with Crippen LogP contribution in [0.2, 0.25) is 0 Å². The van der Waals surface area contributed by atoms with Crippen molar-refractivity contribution in [2.45, 2.75) is 31.7 Å². The van der Waals surface area contributed by atoms with Crippen LogP contribution in [-0.4, -0.2) is 48.1 Å². The van der Waals surface area contributed by atoms with Gasteiger partial charge in [-0.1, -0.05) is 30.7 Å². The first-order chi connectivity index (χ1) is 15.0. The zero-order valence-electron chi connectivity index (χ0n) is 17.8. The van der Waals surface area contributed by atoms with Crippen molar-refractivity contribution in [3.8, 4) is 5.75 Å². The lowest BCUT2D eigenvalue weighted by Crippen LogP contribution is -2.42. The molecule has 1 saturated carbocycles. The number of carbonyl (C=O) groups excluding carboxylic acids is 2. The smallest absolute Gasteiger partial charge is 0.262 e. The van der Waals surface area contributed by atoms with E-state index < -0.39 is 0 Å². The van der Waals surface area contributed by atoms with Gasteiger partial charge in [0.05, 0.1) is 18.9 Å². The lowest BCUT2D eigenvalue weighted by molar-refractivity contribution is -0.144. The Balaban J connectivity index is 1.57. The number of rotatable bonds is 6. The SMILES string of the molecule is COc1ccc(C2CC(c3ccc(F)cc3)=NN2C(=O)CN(C)C(=O)C2CCC2)cc1. The predicted molar refractivity (Wildman–Crippen MR) is 115 cm³/mol. The minimum absolute atomic E-state index is 0.0162. The number of likely N-dealkylation sites (N-methyl/N-ethyl adjacent to an activating group) is 1. The minimum atomic E-state index is -0.321. The molecule has 1 aliphatic heterocycles. The molecule has 2 aliphatic rings. The van der Waals surface area contributed by atoms with E-state index in [0.29, 0.717) is 12.1 Å². The zero-order chi connectivity index (χ0) is 22.0. The van der Waals surface area contributed by atoms with Gasteiger partial charge in [0.25, 0.3) is 5.91 Å². The third-order valence-corrected chi connectivity index (χ3v) is 6.05. The van der Waals surface area contributed by atoms with Crippen LogP contribution in [0.4, 0.5) is 4.39 Å². The Bertz CT molecular complexity index is 984. The van der Waals surface area contributed by atoms with Crippen LogP contribution in [0.25, 0.3) is 0 Å². The Morgan fingerprint density at radius 3 is 2.39 bits per heavy atom. The topological polar surface area (TPSA) is 62.2 Å². The summed E-state index contributed by atoms with van der Waals surface area (Å²) < 4.78 is 18.6. The number of halogens is 1. The van der Waals surface area contributed by atoms with E-state index in [2.05, 4.69) is 5.10 Å². The number of benzene rings is 2. The highest BCUT2D eigenvalue weighted by atomic mass is 19.1. The number of hydrogen-bond donors (Lipinski definition) is 0. The first kappa shape index (κ1) is 21.0. The van der Waals surface area contributed by atoms with Crippen molar-refractivity contribution in [3.05, 3.63) is 65.5 Å². The lowest BCUT2D eigenvalue weighted by Gasteiger charge is -2.30. The molecule has 1 unspecified atom stereocenters. The molecule has 2 aromatic carbocycles. The number of amides is 2. The number of methoxy groups -OCH3 is 1. The fourth-order valence-electron chi connectivity index (χ4n) is 3.96. The molecule has 6 nitrogen and oxygen atoms in total. The third-order valence-electron chi connectivity index (χ3n) is 6.05. The van der Waals surface area contributed by atoms with Crippen LogP contribution in [-0.2, 0) is 9.59 Å². The van der Waals surface area contributed by atoms with E-state index in [1.165, 1.54) is 22.0 Å². The van der Waals surface area contributed by atoms with Crippen LogP contribution >= 0.6 is 0 Å². The molecule has 0 N–H and O–H groups in total. The average molecular weight is 423 g/mol. The van der Waals surface area contributed by atoms with Gasteiger partial charge in [0.2, 0.25) is 5.91 Å². The second-order valence-electron chi connectivity index (χ2n) is 8.11. The maximum Gasteiger partial charge on any atom is 0.262 e. The second kappa shape index (κ2) is 8.88. The molecule has 2 amide bonds. The molecule has 162 valence electrons. The summed E-state index contributed by atoms with van der Waals surface area (Å²) in [4.78, 5) is 27.2. The molecule has 0 saturated heterocycles. The number of hydrogen-bond acceptors (Lipinski definition) is 4. The molecule has 0 aromatic heterocycles. The fraction of sp³-hybridized carbons (Fsp3) is 0.375. The first-order valence-electron chi connectivity index (χ1n) is 10.5. The molecule has 4 rings (SSSR count). The summed E-state index contributed by atoms with van der Waals surface area (Å²) >= 11 is 0. The van der Waals surface area contributed by atoms with Crippen molar-refractivity contribution < 1.29 is 18.7 Å². The van der Waals surface area contributed by atoms with Gasteiger partial charge in [-0.3, -0.25) is 9.59 Å². The number of hydrazone groups is 1. The molecular formula is C24H26FN3O3. The largest absolute Gasteiger partial charge is 0.497 e. The molecule has 2 aromatic rings. The quantitative estimate of drug-likeness (QED) is 0.711. The molecule has 1 aliphatic carbocycles. The monoisotopic (exact) mass is 423 g/mol. The Morgan fingerprint density at radius 2 is 1.81 bits per heavy atom. The Morgan fingerprint density at radius 1 is 1.13 bits per heavy atom. The molecule has 1 atom stereocenters. The Kier molecular flexibility index (Phi) is 6.02. The Hall–Kier alpha value is -3.22. The van der Waals surface area contributed by atoms with Gasteiger partial charge in [-0.2, -0.15) is 5.10 Å². The number of nitrogens with zero attached hydrogens (tertiary/aromatic N) is 3. The third kappa shape index (κ3) is 4.45. The molecule has 31 heavy (non-hydrogen) atoms. The van der Waals surface area contributed by atoms with E-state index in [1.54, 1.807) is 26.3 Å². The fourth-order valence-corrected chi connectivity index (χ4v) is 3.96. The van der Waals surface area contributed by atoms with Crippen molar-refractivity contribution in [1.82, 2.24) is 9.91 Å². The second-order valence-corrected chi connectivity index (χ2v) is 8.11. The van der Waals surface area contributed by atoms with Gasteiger partial charge in [-0.05, 0) is 48.2 Å². The van der Waals surface area contributed by atoms with Gasteiger partial charge in [-0.25, -0.2) is 9.40 Å². The molecule has 7 heteroatoms. The predicted octanol–water partition coefficient (Wildman–Crippen LogP) is 3.77. The average Bonchev–Trinajstić information content (AvgIpc) is 3.18. The summed E-state index contributed by atoms with van der Waals surface area (Å²) in [5.74, 6) is 0.214. The molecule has 0 bridgehead atoms. The lowest BCUT2D eigenvalue weighted by atomic mass is 9.84. The summed E-state index contributed by atoms with van der Waals surface area (Å²) in [6.45, 7) is -0.0256. The van der Waals surface area contributed by atoms with E-state index in [0.717, 1.165) is 36.1 Å². The molecule has 1 heterocycles. The van der Waals surface area contributed by atoms with Crippen molar-refractivity contribution >= 4 is 17.5 Å². The zero-order valence-corrected chi connectivity index (χ0v) is 17.8. The van der Waals surface area contributed by atoms with Crippen molar-refractivity contribution in [2.75, 3.05) is 20.7 Å². The maximum absolute atomic E-state index is 13.4. The van der Waals surface area contributed by atoms with Crippen LogP contribution in [0, 0.1) is 11.7 Å². The van der Waals surface area contributed by atoms with Crippen LogP contribution in [0.3, 0.4) is 0 Å². The normalized spacial score (nSPS) is 18.4. The van der Waals surface area contributed by atoms with Gasteiger partial charge in [0.1, 0.15) is 18.1 Å². The number of carbonyl (C=O) groups is 2. The minimum Gasteiger partial charge on any atom is -0.497 e. The number of ether oxygens (including phenoxy) is 1. The standard InChI is InChI=1S/C24H26FN3O3/c1-27(24(30)18-4-3-5-18)15-23(29)28-22(17-8-12-20(31-2)13-9-17)14-21(26-28)16-6-10-19(25)11-7-16/h6-13,18,22H,3-5,14-15H2,1-2H3. The van der Waals surface area contributed by atoms with Gasteiger partial charge < -0.3 is 9.64 Å². The van der Waals surface area contributed by atoms with E-state index >= 15 is 0 Å². The van der Waals surface area contributed by atoms with Crippen LogP contribution in [0.15, 0.2) is 53.6 Å². The highest BCUT2D eigenvalue weighted by Gasteiger charge is 2.35. The summed E-state index contributed by atoms with van der Waals surface area (Å²) in [6, 6.07) is 13.3. The van der Waals surface area contributed by atoms with Gasteiger partial charge in [-0.15, -0.1) is 0 Å². The van der Waals surface area contributed by atoms with E-state index in [4.69, 9.17) is 4.74 Å². The molecule has 1 fully saturated rings. The van der Waals surface area contributed by atoms with Crippen LogP contribution in [0.5, 0.6) is 5.75 Å². The summed E-state index contributed by atoms with van der Waals surface area (Å²) in [7, 11) is 3.27. The van der Waals surface area contributed by atoms with Crippen LogP contribution in [0.1, 0.15) is 42.9 Å². The van der Waals surface area contributed by atoms with Crippen molar-refractivity contribution in [2.24, 2.45) is 11.0 Å². The van der Waals surface area contributed by atoms with E-state index in [-0.39, 0.29) is 36.1 Å². The Labute approximate surface area is 181 Å². The molecule has 0 radical (unpaired) electrons. The van der Waals surface area contributed by atoms with E-state index in [1.807, 2.05) is 24.3 Å². The summed E-state index contributed by atoms with van der Waals surface area (Å²) in [6.07, 6.45) is 3.35. The maximum atomic E-state index is 13.4. The van der Waals surface area contributed by atoms with Crippen molar-refractivity contribution in [1.29, 1.82) is 0 Å². The molecular weight excluding hydrogens is 397 g/mol. The van der Waals surface area contributed by atoms with Gasteiger partial charge >= 0.3 is 0 Å². The van der Waals surface area contributed by atoms with Crippen molar-refractivity contribution in [3.63, 3.8) is 0 Å². The highest BCUT2D eigenvalue weighted by Crippen LogP contribution is 2.34. The summed E-state index contributed by atoms with van der Waals surface area (Å²) in [5, 5.41) is 6.05. The van der Waals surface area contributed by atoms with Gasteiger partial charge in [0, 0.05) is 19.4 Å². The van der Waals surface area contributed by atoms with Crippen LogP contribution < -0.4 is 4.74 Å². The first-order valence-corrected chi connectivity index (χ1v) is 10.5. The highest BCUT2D eigenvalue weighted by molar-refractivity contribution is 6.03. The summed E-state index contributed by atoms with van der Waals surface area (Å²) in [5.41, 5.74) is 2.40.